The summed E-state index contributed by atoms with van der Waals surface area (Å²) in [6.45, 7) is 4.01. The van der Waals surface area contributed by atoms with Crippen LogP contribution in [0.1, 0.15) is 44.2 Å². The summed E-state index contributed by atoms with van der Waals surface area (Å²) in [5.74, 6) is -3.28. The van der Waals surface area contributed by atoms with Crippen molar-refractivity contribution < 1.29 is 13.6 Å². The third-order valence-corrected chi connectivity index (χ3v) is 5.42. The van der Waals surface area contributed by atoms with Gasteiger partial charge in [-0.2, -0.15) is 0 Å². The lowest BCUT2D eigenvalue weighted by molar-refractivity contribution is -0.127. The normalized spacial score (nSPS) is 14.4. The van der Waals surface area contributed by atoms with Gasteiger partial charge in [-0.15, -0.1) is 0 Å². The summed E-state index contributed by atoms with van der Waals surface area (Å²) in [6, 6.07) is 15.7. The van der Waals surface area contributed by atoms with Gasteiger partial charge in [-0.05, 0) is 48.2 Å². The Bertz CT molecular complexity index is 784. The fourth-order valence-electron chi connectivity index (χ4n) is 4.16. The third kappa shape index (κ3) is 3.95. The quantitative estimate of drug-likeness (QED) is 0.623. The molecule has 0 unspecified atom stereocenters. The average Bonchev–Trinajstić information content (AvgIpc) is 2.97. The SMILES string of the molecule is CCNCCCCC1(C(=O)NCC(C)(F)F)c2ccccc2-c2ccccc21. The minimum absolute atomic E-state index is 0.338. The molecular weight excluding hydrogens is 358 g/mol. The first-order valence-corrected chi connectivity index (χ1v) is 9.96. The van der Waals surface area contributed by atoms with Crippen molar-refractivity contribution in [1.82, 2.24) is 10.6 Å². The van der Waals surface area contributed by atoms with E-state index in [-0.39, 0.29) is 5.91 Å². The first-order chi connectivity index (χ1) is 13.4. The highest BCUT2D eigenvalue weighted by Gasteiger charge is 2.48. The minimum Gasteiger partial charge on any atom is -0.349 e. The molecule has 0 bridgehead atoms. The van der Waals surface area contributed by atoms with E-state index in [0.717, 1.165) is 55.1 Å². The maximum Gasteiger partial charge on any atom is 0.262 e. The summed E-state index contributed by atoms with van der Waals surface area (Å²) in [7, 11) is 0. The summed E-state index contributed by atoms with van der Waals surface area (Å²) in [5, 5.41) is 5.83. The Hall–Kier alpha value is -2.27. The molecule has 0 aliphatic heterocycles. The molecule has 0 fully saturated rings. The molecule has 28 heavy (non-hydrogen) atoms. The maximum atomic E-state index is 13.5. The van der Waals surface area contributed by atoms with Gasteiger partial charge in [0.05, 0.1) is 6.54 Å². The monoisotopic (exact) mass is 386 g/mol. The number of rotatable bonds is 9. The van der Waals surface area contributed by atoms with Gasteiger partial charge in [-0.3, -0.25) is 4.79 Å². The lowest BCUT2D eigenvalue weighted by Crippen LogP contribution is -2.47. The van der Waals surface area contributed by atoms with E-state index < -0.39 is 17.9 Å². The van der Waals surface area contributed by atoms with Gasteiger partial charge < -0.3 is 10.6 Å². The van der Waals surface area contributed by atoms with Crippen molar-refractivity contribution >= 4 is 5.91 Å². The summed E-state index contributed by atoms with van der Waals surface area (Å²) in [5.41, 5.74) is 2.93. The van der Waals surface area contributed by atoms with E-state index in [0.29, 0.717) is 6.42 Å². The van der Waals surface area contributed by atoms with Crippen LogP contribution in [0, 0.1) is 0 Å². The minimum atomic E-state index is -2.94. The van der Waals surface area contributed by atoms with E-state index in [1.165, 1.54) is 0 Å². The number of fused-ring (bicyclic) bond motifs is 3. The van der Waals surface area contributed by atoms with Crippen LogP contribution in [-0.2, 0) is 10.2 Å². The number of carbonyl (C=O) groups is 1. The number of nitrogens with one attached hydrogen (secondary N) is 2. The molecule has 1 aliphatic carbocycles. The molecule has 0 radical (unpaired) electrons. The fourth-order valence-corrected chi connectivity index (χ4v) is 4.16. The third-order valence-electron chi connectivity index (χ3n) is 5.42. The van der Waals surface area contributed by atoms with Crippen LogP contribution in [-0.4, -0.2) is 31.5 Å². The van der Waals surface area contributed by atoms with E-state index in [4.69, 9.17) is 0 Å². The van der Waals surface area contributed by atoms with Gasteiger partial charge in [-0.1, -0.05) is 61.9 Å². The summed E-state index contributed by atoms with van der Waals surface area (Å²) in [6.07, 6.45) is 2.34. The topological polar surface area (TPSA) is 41.1 Å². The zero-order valence-corrected chi connectivity index (χ0v) is 16.5. The molecule has 1 amide bonds. The second-order valence-electron chi connectivity index (χ2n) is 7.56. The lowest BCUT2D eigenvalue weighted by atomic mass is 9.73. The molecule has 0 aromatic heterocycles. The van der Waals surface area contributed by atoms with E-state index in [1.807, 2.05) is 48.5 Å². The molecule has 5 heteroatoms. The predicted octanol–water partition coefficient (Wildman–Crippen LogP) is 4.50. The Morgan fingerprint density at radius 3 is 2.11 bits per heavy atom. The summed E-state index contributed by atoms with van der Waals surface area (Å²) < 4.78 is 26.9. The molecule has 0 heterocycles. The molecule has 1 aliphatic rings. The van der Waals surface area contributed by atoms with Crippen molar-refractivity contribution in [2.24, 2.45) is 0 Å². The highest BCUT2D eigenvalue weighted by molar-refractivity contribution is 6.00. The first kappa shape index (κ1) is 20.5. The van der Waals surface area contributed by atoms with Gasteiger partial charge >= 0.3 is 0 Å². The van der Waals surface area contributed by atoms with Crippen molar-refractivity contribution in [2.75, 3.05) is 19.6 Å². The Kier molecular flexibility index (Phi) is 6.14. The Labute approximate surface area is 165 Å². The molecule has 0 saturated heterocycles. The molecule has 150 valence electrons. The molecule has 0 atom stereocenters. The number of benzene rings is 2. The number of carbonyl (C=O) groups excluding carboxylic acids is 1. The largest absolute Gasteiger partial charge is 0.349 e. The van der Waals surface area contributed by atoms with Crippen LogP contribution in [0.3, 0.4) is 0 Å². The van der Waals surface area contributed by atoms with Crippen LogP contribution in [0.15, 0.2) is 48.5 Å². The van der Waals surface area contributed by atoms with E-state index in [9.17, 15) is 13.6 Å². The number of hydrogen-bond donors (Lipinski definition) is 2. The van der Waals surface area contributed by atoms with Crippen molar-refractivity contribution in [2.45, 2.75) is 44.4 Å². The molecule has 2 aromatic rings. The van der Waals surface area contributed by atoms with Crippen LogP contribution >= 0.6 is 0 Å². The zero-order chi connectivity index (χ0) is 20.2. The smallest absolute Gasteiger partial charge is 0.262 e. The highest BCUT2D eigenvalue weighted by atomic mass is 19.3. The van der Waals surface area contributed by atoms with E-state index in [2.05, 4.69) is 17.6 Å². The lowest BCUT2D eigenvalue weighted by Gasteiger charge is -2.31. The van der Waals surface area contributed by atoms with Crippen molar-refractivity contribution in [3.8, 4) is 11.1 Å². The van der Waals surface area contributed by atoms with Crippen LogP contribution in [0.4, 0.5) is 8.78 Å². The molecular formula is C23H28F2N2O. The second-order valence-corrected chi connectivity index (χ2v) is 7.56. The molecule has 3 rings (SSSR count). The molecule has 2 aromatic carbocycles. The maximum absolute atomic E-state index is 13.5. The van der Waals surface area contributed by atoms with Gasteiger partial charge in [0.2, 0.25) is 5.91 Å². The van der Waals surface area contributed by atoms with E-state index in [1.54, 1.807) is 0 Å². The number of unbranched alkanes of at least 4 members (excludes halogenated alkanes) is 1. The number of hydrogen-bond acceptors (Lipinski definition) is 2. The average molecular weight is 386 g/mol. The summed E-state index contributed by atoms with van der Waals surface area (Å²) >= 11 is 0. The van der Waals surface area contributed by atoms with Gasteiger partial charge in [-0.25, -0.2) is 8.78 Å². The van der Waals surface area contributed by atoms with Gasteiger partial charge in [0.15, 0.2) is 0 Å². The van der Waals surface area contributed by atoms with Crippen LogP contribution in [0.2, 0.25) is 0 Å². The Morgan fingerprint density at radius 1 is 1.00 bits per heavy atom. The van der Waals surface area contributed by atoms with Crippen LogP contribution in [0.5, 0.6) is 0 Å². The van der Waals surface area contributed by atoms with Gasteiger partial charge in [0, 0.05) is 6.92 Å². The van der Waals surface area contributed by atoms with Crippen molar-refractivity contribution in [3.63, 3.8) is 0 Å². The van der Waals surface area contributed by atoms with Crippen LogP contribution in [0.25, 0.3) is 11.1 Å². The number of alkyl halides is 2. The molecule has 0 spiro atoms. The van der Waals surface area contributed by atoms with Gasteiger partial charge in [0.25, 0.3) is 5.92 Å². The molecule has 3 nitrogen and oxygen atoms in total. The fraction of sp³-hybridized carbons (Fsp3) is 0.435. The molecule has 2 N–H and O–H groups in total. The van der Waals surface area contributed by atoms with Crippen molar-refractivity contribution in [3.05, 3.63) is 59.7 Å². The van der Waals surface area contributed by atoms with Crippen molar-refractivity contribution in [1.29, 1.82) is 0 Å². The number of halogens is 2. The van der Waals surface area contributed by atoms with E-state index >= 15 is 0 Å². The first-order valence-electron chi connectivity index (χ1n) is 9.96. The standard InChI is InChI=1S/C23H28F2N2O/c1-3-26-15-9-8-14-23(21(28)27-16-22(2,24)25)19-12-6-4-10-17(19)18-11-5-7-13-20(18)23/h4-7,10-13,26H,3,8-9,14-16H2,1-2H3,(H,27,28). The Balaban J connectivity index is 2.00. The molecule has 0 saturated carbocycles. The van der Waals surface area contributed by atoms with Crippen LogP contribution < -0.4 is 10.6 Å². The second kappa shape index (κ2) is 8.39. The Morgan fingerprint density at radius 2 is 1.57 bits per heavy atom. The predicted molar refractivity (Wildman–Crippen MR) is 109 cm³/mol. The number of amides is 1. The summed E-state index contributed by atoms with van der Waals surface area (Å²) in [4.78, 5) is 13.4. The highest BCUT2D eigenvalue weighted by Crippen LogP contribution is 2.51. The van der Waals surface area contributed by atoms with Gasteiger partial charge in [0.1, 0.15) is 5.41 Å². The zero-order valence-electron chi connectivity index (χ0n) is 16.5.